The summed E-state index contributed by atoms with van der Waals surface area (Å²) in [6.07, 6.45) is 4.51. The number of aromatic nitrogens is 5. The largest absolute Gasteiger partial charge is 0.382 e. The van der Waals surface area contributed by atoms with Crippen molar-refractivity contribution < 1.29 is 4.79 Å². The van der Waals surface area contributed by atoms with Crippen molar-refractivity contribution >= 4 is 33.9 Å². The maximum Gasteiger partial charge on any atom is 0.253 e. The second-order valence-corrected chi connectivity index (χ2v) is 5.17. The number of carbonyl (C=O) groups excluding carboxylic acids is 1. The average molecular weight is 329 g/mol. The number of nitrogen functional groups attached to an aromatic ring is 1. The summed E-state index contributed by atoms with van der Waals surface area (Å²) in [6.45, 7) is 1.73. The van der Waals surface area contributed by atoms with E-state index >= 15 is 0 Å². The van der Waals surface area contributed by atoms with Gasteiger partial charge in [0.1, 0.15) is 0 Å². The van der Waals surface area contributed by atoms with Gasteiger partial charge in [-0.2, -0.15) is 14.2 Å². The van der Waals surface area contributed by atoms with Gasteiger partial charge in [0.15, 0.2) is 16.5 Å². The van der Waals surface area contributed by atoms with Crippen LogP contribution < -0.4 is 11.5 Å². The predicted octanol–water partition coefficient (Wildman–Crippen LogP) is 1.52. The average Bonchev–Trinajstić information content (AvgIpc) is 3.12. The summed E-state index contributed by atoms with van der Waals surface area (Å²) in [7, 11) is 0. The Balaban J connectivity index is 1.98. The molecule has 3 heterocycles. The molecular weight excluding hydrogens is 318 g/mol. The zero-order valence-corrected chi connectivity index (χ0v) is 12.7. The van der Waals surface area contributed by atoms with Gasteiger partial charge in [0, 0.05) is 12.4 Å². The first-order valence-corrected chi connectivity index (χ1v) is 7.14. The molecule has 0 saturated carbocycles. The van der Waals surface area contributed by atoms with Crippen LogP contribution in [0.25, 0.3) is 5.95 Å². The fourth-order valence-corrected chi connectivity index (χ4v) is 2.37. The maximum atomic E-state index is 11.2. The van der Waals surface area contributed by atoms with Crippen LogP contribution in [0.3, 0.4) is 0 Å². The van der Waals surface area contributed by atoms with Gasteiger partial charge in [-0.25, -0.2) is 9.97 Å². The Morgan fingerprint density at radius 2 is 2.04 bits per heavy atom. The summed E-state index contributed by atoms with van der Waals surface area (Å²) in [4.78, 5) is 19.4. The Bertz CT molecular complexity index is 883. The van der Waals surface area contributed by atoms with Crippen LogP contribution >= 0.6 is 11.5 Å². The van der Waals surface area contributed by atoms with Gasteiger partial charge >= 0.3 is 0 Å². The standard InChI is InChI=1S/C12H11N9OS/c1-6-8(18-19-11-7(10(14)22)5-17-23-11)9(13)21(20-6)12-15-3-2-4-16-12/h2-5H,13H2,1H3,(H2,14,22)/b19-18+. The Morgan fingerprint density at radius 3 is 2.74 bits per heavy atom. The monoisotopic (exact) mass is 329 g/mol. The van der Waals surface area contributed by atoms with Crippen molar-refractivity contribution in [3.8, 4) is 5.95 Å². The lowest BCUT2D eigenvalue weighted by Crippen LogP contribution is -2.09. The van der Waals surface area contributed by atoms with E-state index in [1.165, 1.54) is 10.9 Å². The minimum absolute atomic E-state index is 0.203. The molecule has 0 aromatic carbocycles. The zero-order chi connectivity index (χ0) is 16.4. The highest BCUT2D eigenvalue weighted by atomic mass is 32.1. The first kappa shape index (κ1) is 14.7. The maximum absolute atomic E-state index is 11.2. The van der Waals surface area contributed by atoms with Crippen molar-refractivity contribution in [2.24, 2.45) is 16.0 Å². The molecule has 0 bridgehead atoms. The number of hydrogen-bond acceptors (Lipinski definition) is 9. The number of rotatable bonds is 4. The van der Waals surface area contributed by atoms with Gasteiger partial charge in [-0.3, -0.25) is 4.79 Å². The fraction of sp³-hybridized carbons (Fsp3) is 0.0833. The first-order valence-electron chi connectivity index (χ1n) is 6.36. The highest BCUT2D eigenvalue weighted by molar-refractivity contribution is 7.10. The number of aryl methyl sites for hydroxylation is 1. The Labute approximate surface area is 134 Å². The molecule has 1 amide bonds. The molecule has 0 saturated heterocycles. The molecule has 23 heavy (non-hydrogen) atoms. The van der Waals surface area contributed by atoms with Crippen LogP contribution in [0.1, 0.15) is 16.1 Å². The van der Waals surface area contributed by atoms with E-state index in [1.807, 2.05) is 0 Å². The third kappa shape index (κ3) is 2.76. The van der Waals surface area contributed by atoms with Crippen molar-refractivity contribution in [3.05, 3.63) is 35.9 Å². The van der Waals surface area contributed by atoms with E-state index in [9.17, 15) is 4.79 Å². The molecule has 0 unspecified atom stereocenters. The summed E-state index contributed by atoms with van der Waals surface area (Å²) < 4.78 is 5.23. The number of carbonyl (C=O) groups is 1. The van der Waals surface area contributed by atoms with E-state index in [-0.39, 0.29) is 11.4 Å². The number of anilines is 1. The third-order valence-corrected chi connectivity index (χ3v) is 3.55. The summed E-state index contributed by atoms with van der Waals surface area (Å²) in [5.74, 6) is -0.0569. The van der Waals surface area contributed by atoms with E-state index in [4.69, 9.17) is 11.5 Å². The number of azo groups is 1. The number of nitrogens with zero attached hydrogens (tertiary/aromatic N) is 7. The van der Waals surface area contributed by atoms with E-state index in [2.05, 4.69) is 29.7 Å². The summed E-state index contributed by atoms with van der Waals surface area (Å²) >= 11 is 1.01. The zero-order valence-electron chi connectivity index (χ0n) is 11.9. The molecular formula is C12H11N9OS. The van der Waals surface area contributed by atoms with Gasteiger partial charge in [-0.15, -0.1) is 10.2 Å². The molecule has 0 radical (unpaired) electrons. The second kappa shape index (κ2) is 5.88. The molecule has 3 aromatic heterocycles. The van der Waals surface area contributed by atoms with E-state index in [1.54, 1.807) is 25.4 Å². The molecule has 3 rings (SSSR count). The van der Waals surface area contributed by atoms with Crippen LogP contribution in [-0.2, 0) is 0 Å². The van der Waals surface area contributed by atoms with Gasteiger partial charge in [0.05, 0.1) is 17.5 Å². The van der Waals surface area contributed by atoms with Gasteiger partial charge in [0.2, 0.25) is 0 Å². The SMILES string of the molecule is Cc1nn(-c2ncccn2)c(N)c1/N=N/c1sncc1C(N)=O. The van der Waals surface area contributed by atoms with Crippen molar-refractivity contribution in [2.75, 3.05) is 5.73 Å². The van der Waals surface area contributed by atoms with Crippen LogP contribution in [0.5, 0.6) is 0 Å². The third-order valence-electron chi connectivity index (χ3n) is 2.86. The molecule has 10 nitrogen and oxygen atoms in total. The molecule has 0 aliphatic heterocycles. The minimum Gasteiger partial charge on any atom is -0.382 e. The Morgan fingerprint density at radius 1 is 1.30 bits per heavy atom. The van der Waals surface area contributed by atoms with Gasteiger partial charge in [-0.05, 0) is 24.5 Å². The van der Waals surface area contributed by atoms with Gasteiger partial charge in [0.25, 0.3) is 11.9 Å². The van der Waals surface area contributed by atoms with E-state index in [0.29, 0.717) is 22.3 Å². The Kier molecular flexibility index (Phi) is 3.76. The summed E-state index contributed by atoms with van der Waals surface area (Å²) in [5, 5.41) is 12.6. The molecule has 0 aliphatic carbocycles. The lowest BCUT2D eigenvalue weighted by atomic mass is 10.3. The van der Waals surface area contributed by atoms with Crippen LogP contribution in [0.15, 0.2) is 34.9 Å². The van der Waals surface area contributed by atoms with Crippen LogP contribution in [0.2, 0.25) is 0 Å². The normalized spacial score (nSPS) is 11.2. The lowest BCUT2D eigenvalue weighted by molar-refractivity contribution is 0.100. The molecule has 3 aromatic rings. The van der Waals surface area contributed by atoms with Gasteiger partial charge < -0.3 is 11.5 Å². The topological polar surface area (TPSA) is 150 Å². The second-order valence-electron chi connectivity index (χ2n) is 4.39. The van der Waals surface area contributed by atoms with Crippen LogP contribution in [0.4, 0.5) is 16.5 Å². The van der Waals surface area contributed by atoms with Crippen molar-refractivity contribution in [2.45, 2.75) is 6.92 Å². The smallest absolute Gasteiger partial charge is 0.253 e. The van der Waals surface area contributed by atoms with E-state index < -0.39 is 5.91 Å². The molecule has 0 atom stereocenters. The van der Waals surface area contributed by atoms with Crippen molar-refractivity contribution in [1.29, 1.82) is 0 Å². The number of nitrogens with two attached hydrogens (primary N) is 2. The van der Waals surface area contributed by atoms with Crippen molar-refractivity contribution in [3.63, 3.8) is 0 Å². The van der Waals surface area contributed by atoms with Crippen molar-refractivity contribution in [1.82, 2.24) is 24.1 Å². The molecule has 11 heteroatoms. The number of primary amides is 1. The highest BCUT2D eigenvalue weighted by Gasteiger charge is 2.16. The number of hydrogen-bond donors (Lipinski definition) is 2. The molecule has 0 fully saturated rings. The van der Waals surface area contributed by atoms with Crippen LogP contribution in [-0.4, -0.2) is 30.0 Å². The molecule has 4 N–H and O–H groups in total. The lowest BCUT2D eigenvalue weighted by Gasteiger charge is -2.00. The van der Waals surface area contributed by atoms with Gasteiger partial charge in [-0.1, -0.05) is 0 Å². The van der Waals surface area contributed by atoms with E-state index in [0.717, 1.165) is 11.5 Å². The minimum atomic E-state index is -0.620. The highest BCUT2D eigenvalue weighted by Crippen LogP contribution is 2.31. The first-order chi connectivity index (χ1) is 11.1. The number of amides is 1. The quantitative estimate of drug-likeness (QED) is 0.692. The fourth-order valence-electron chi connectivity index (χ4n) is 1.78. The molecule has 116 valence electrons. The van der Waals surface area contributed by atoms with Crippen LogP contribution in [0, 0.1) is 6.92 Å². The summed E-state index contributed by atoms with van der Waals surface area (Å²) in [5.41, 5.74) is 12.4. The Hall–Kier alpha value is -3.21. The predicted molar refractivity (Wildman–Crippen MR) is 83.1 cm³/mol. The summed E-state index contributed by atoms with van der Waals surface area (Å²) in [6, 6.07) is 1.69. The molecule has 0 aliphatic rings. The molecule has 0 spiro atoms.